The first-order valence-corrected chi connectivity index (χ1v) is 10.7. The molecule has 1 aliphatic rings. The van der Waals surface area contributed by atoms with Crippen molar-refractivity contribution in [1.29, 1.82) is 0 Å². The summed E-state index contributed by atoms with van der Waals surface area (Å²) in [6.45, 7) is 8.23. The lowest BCUT2D eigenvalue weighted by Crippen LogP contribution is -2.35. The molecule has 0 aliphatic carbocycles. The monoisotopic (exact) mass is 434 g/mol. The van der Waals surface area contributed by atoms with E-state index < -0.39 is 12.6 Å². The van der Waals surface area contributed by atoms with Gasteiger partial charge in [0.25, 0.3) is 5.91 Å². The lowest BCUT2D eigenvalue weighted by Gasteiger charge is -2.25. The normalized spacial score (nSPS) is 13.9. The third kappa shape index (κ3) is 4.88. The Morgan fingerprint density at radius 3 is 2.63 bits per heavy atom. The van der Waals surface area contributed by atoms with Crippen molar-refractivity contribution in [2.75, 3.05) is 25.1 Å². The number of carbonyl (C=O) groups is 2. The van der Waals surface area contributed by atoms with Gasteiger partial charge in [0.1, 0.15) is 11.7 Å². The minimum atomic E-state index is -0.639. The Morgan fingerprint density at radius 2 is 2.03 bits per heavy atom. The molecule has 1 aromatic carbocycles. The fourth-order valence-electron chi connectivity index (χ4n) is 3.11. The fraction of sp³-hybridized carbons (Fsp3) is 0.455. The Kier molecular flexibility index (Phi) is 7.23. The molecule has 2 N–H and O–H groups in total. The predicted molar refractivity (Wildman–Crippen MR) is 115 cm³/mol. The SMILES string of the molecule is Cc1ccc(Nc2sc(C(=O)C(C)C)c(C)c2C(=O)NOCC2COC2)c(CF)c1. The minimum Gasteiger partial charge on any atom is -0.381 e. The Bertz CT molecular complexity index is 937. The maximum atomic E-state index is 13.5. The molecule has 2 heterocycles. The average molecular weight is 435 g/mol. The number of hydrogen-bond donors (Lipinski definition) is 2. The van der Waals surface area contributed by atoms with Gasteiger partial charge in [-0.3, -0.25) is 14.4 Å². The lowest BCUT2D eigenvalue weighted by atomic mass is 10.0. The minimum absolute atomic E-state index is 0.0400. The summed E-state index contributed by atoms with van der Waals surface area (Å²) in [6.07, 6.45) is 0. The van der Waals surface area contributed by atoms with Crippen molar-refractivity contribution in [3.63, 3.8) is 0 Å². The highest BCUT2D eigenvalue weighted by Crippen LogP contribution is 2.37. The molecule has 1 aromatic heterocycles. The second-order valence-electron chi connectivity index (χ2n) is 7.84. The van der Waals surface area contributed by atoms with Crippen molar-refractivity contribution >= 4 is 33.7 Å². The third-order valence-corrected chi connectivity index (χ3v) is 6.19. The zero-order chi connectivity index (χ0) is 21.8. The number of hydrogen-bond acceptors (Lipinski definition) is 6. The molecule has 1 amide bonds. The van der Waals surface area contributed by atoms with E-state index in [1.807, 2.05) is 26.8 Å². The van der Waals surface area contributed by atoms with Gasteiger partial charge in [0, 0.05) is 23.1 Å². The van der Waals surface area contributed by atoms with Crippen LogP contribution in [-0.4, -0.2) is 31.5 Å². The van der Waals surface area contributed by atoms with Crippen molar-refractivity contribution in [2.24, 2.45) is 11.8 Å². The average Bonchev–Trinajstić information content (AvgIpc) is 3.00. The lowest BCUT2D eigenvalue weighted by molar-refractivity contribution is -0.0864. The van der Waals surface area contributed by atoms with E-state index >= 15 is 0 Å². The smallest absolute Gasteiger partial charge is 0.278 e. The van der Waals surface area contributed by atoms with Crippen LogP contribution in [0.5, 0.6) is 0 Å². The third-order valence-electron chi connectivity index (χ3n) is 4.97. The Morgan fingerprint density at radius 1 is 1.30 bits per heavy atom. The van der Waals surface area contributed by atoms with Crippen LogP contribution in [0.4, 0.5) is 15.1 Å². The van der Waals surface area contributed by atoms with Crippen LogP contribution in [0, 0.1) is 25.7 Å². The topological polar surface area (TPSA) is 76.7 Å². The number of amides is 1. The van der Waals surface area contributed by atoms with E-state index in [2.05, 4.69) is 10.8 Å². The number of halogens is 1. The van der Waals surface area contributed by atoms with E-state index in [0.29, 0.717) is 52.1 Å². The van der Waals surface area contributed by atoms with Gasteiger partial charge in [0.05, 0.1) is 30.3 Å². The maximum absolute atomic E-state index is 13.5. The summed E-state index contributed by atoms with van der Waals surface area (Å²) >= 11 is 1.21. The van der Waals surface area contributed by atoms with E-state index in [1.54, 1.807) is 19.1 Å². The number of nitrogens with one attached hydrogen (secondary N) is 2. The number of anilines is 2. The van der Waals surface area contributed by atoms with Gasteiger partial charge >= 0.3 is 0 Å². The summed E-state index contributed by atoms with van der Waals surface area (Å²) in [5.74, 6) is -0.420. The number of carbonyl (C=O) groups excluding carboxylic acids is 2. The van der Waals surface area contributed by atoms with Gasteiger partial charge in [-0.15, -0.1) is 11.3 Å². The highest BCUT2D eigenvalue weighted by Gasteiger charge is 2.27. The first-order chi connectivity index (χ1) is 14.3. The standard InChI is InChI=1S/C22H27FN2O4S/c1-12(2)19(26)20-14(4)18(21(27)25-29-11-15-9-28-10-15)22(30-20)24-17-6-5-13(3)7-16(17)8-23/h5-7,12,15,24H,8-11H2,1-4H3,(H,25,27). The Hall–Kier alpha value is -2.29. The van der Waals surface area contributed by atoms with Crippen LogP contribution in [0.3, 0.4) is 0 Å². The molecule has 30 heavy (non-hydrogen) atoms. The number of aryl methyl sites for hydroxylation is 1. The molecular weight excluding hydrogens is 407 g/mol. The second kappa shape index (κ2) is 9.68. The molecule has 3 rings (SSSR count). The first kappa shape index (κ1) is 22.4. The highest BCUT2D eigenvalue weighted by molar-refractivity contribution is 7.18. The molecule has 1 aliphatic heterocycles. The Labute approximate surface area is 179 Å². The molecular formula is C22H27FN2O4S. The van der Waals surface area contributed by atoms with Crippen LogP contribution in [-0.2, 0) is 16.2 Å². The molecule has 0 radical (unpaired) electrons. The molecule has 0 bridgehead atoms. The molecule has 1 saturated heterocycles. The van der Waals surface area contributed by atoms with E-state index in [1.165, 1.54) is 11.3 Å². The molecule has 8 heteroatoms. The molecule has 0 saturated carbocycles. The molecule has 2 aromatic rings. The number of benzene rings is 1. The number of ether oxygens (including phenoxy) is 1. The van der Waals surface area contributed by atoms with Crippen molar-refractivity contribution in [1.82, 2.24) is 5.48 Å². The van der Waals surface area contributed by atoms with Crippen LogP contribution in [0.15, 0.2) is 18.2 Å². The van der Waals surface area contributed by atoms with Crippen LogP contribution in [0.1, 0.15) is 50.6 Å². The molecule has 0 unspecified atom stereocenters. The van der Waals surface area contributed by atoms with Gasteiger partial charge in [0.2, 0.25) is 0 Å². The van der Waals surface area contributed by atoms with Gasteiger partial charge in [0.15, 0.2) is 5.78 Å². The fourth-order valence-corrected chi connectivity index (χ4v) is 4.41. The second-order valence-corrected chi connectivity index (χ2v) is 8.86. The Balaban J connectivity index is 1.90. The van der Waals surface area contributed by atoms with Gasteiger partial charge < -0.3 is 10.1 Å². The number of Topliss-reactive ketones (excluding diaryl/α,β-unsaturated/α-hetero) is 1. The number of ketones is 1. The van der Waals surface area contributed by atoms with Crippen LogP contribution in [0.25, 0.3) is 0 Å². The van der Waals surface area contributed by atoms with Crippen LogP contribution in [0.2, 0.25) is 0 Å². The number of rotatable bonds is 9. The van der Waals surface area contributed by atoms with Crippen LogP contribution >= 0.6 is 11.3 Å². The number of hydroxylamine groups is 1. The summed E-state index contributed by atoms with van der Waals surface area (Å²) in [4.78, 5) is 31.4. The van der Waals surface area contributed by atoms with Crippen molar-refractivity contribution in [3.05, 3.63) is 45.3 Å². The first-order valence-electron chi connectivity index (χ1n) is 9.91. The number of thiophene rings is 1. The van der Waals surface area contributed by atoms with E-state index in [4.69, 9.17) is 9.57 Å². The number of alkyl halides is 1. The summed E-state index contributed by atoms with van der Waals surface area (Å²) in [7, 11) is 0. The predicted octanol–water partition coefficient (Wildman–Crippen LogP) is 4.72. The van der Waals surface area contributed by atoms with E-state index in [9.17, 15) is 14.0 Å². The molecule has 162 valence electrons. The summed E-state index contributed by atoms with van der Waals surface area (Å²) in [6, 6.07) is 5.40. The zero-order valence-electron chi connectivity index (χ0n) is 17.6. The van der Waals surface area contributed by atoms with Crippen molar-refractivity contribution in [2.45, 2.75) is 34.4 Å². The van der Waals surface area contributed by atoms with Gasteiger partial charge in [-0.1, -0.05) is 31.5 Å². The summed E-state index contributed by atoms with van der Waals surface area (Å²) in [5.41, 5.74) is 5.39. The van der Waals surface area contributed by atoms with Crippen molar-refractivity contribution < 1.29 is 23.6 Å². The van der Waals surface area contributed by atoms with Crippen molar-refractivity contribution in [3.8, 4) is 0 Å². The van der Waals surface area contributed by atoms with E-state index in [-0.39, 0.29) is 17.6 Å². The molecule has 6 nitrogen and oxygen atoms in total. The quantitative estimate of drug-likeness (QED) is 0.441. The largest absolute Gasteiger partial charge is 0.381 e. The zero-order valence-corrected chi connectivity index (χ0v) is 18.5. The summed E-state index contributed by atoms with van der Waals surface area (Å²) < 4.78 is 18.6. The van der Waals surface area contributed by atoms with Gasteiger partial charge in [-0.05, 0) is 25.5 Å². The molecule has 0 spiro atoms. The molecule has 1 fully saturated rings. The van der Waals surface area contributed by atoms with Gasteiger partial charge in [-0.25, -0.2) is 9.87 Å². The van der Waals surface area contributed by atoms with E-state index in [0.717, 1.165) is 5.56 Å². The van der Waals surface area contributed by atoms with Gasteiger partial charge in [-0.2, -0.15) is 0 Å². The maximum Gasteiger partial charge on any atom is 0.278 e. The summed E-state index contributed by atoms with van der Waals surface area (Å²) in [5, 5.41) is 3.66. The molecule has 0 atom stereocenters. The highest BCUT2D eigenvalue weighted by atomic mass is 32.1. The van der Waals surface area contributed by atoms with Crippen LogP contribution < -0.4 is 10.8 Å².